The van der Waals surface area contributed by atoms with Crippen LogP contribution in [0.25, 0.3) is 0 Å². The normalized spacial score (nSPS) is 24.6. The zero-order valence-electron chi connectivity index (χ0n) is 6.23. The molecule has 0 bridgehead atoms. The second kappa shape index (κ2) is 4.74. The number of thioether (sulfide) groups is 1. The highest BCUT2D eigenvalue weighted by atomic mass is 32.2. The van der Waals surface area contributed by atoms with Gasteiger partial charge in [0.05, 0.1) is 12.7 Å². The van der Waals surface area contributed by atoms with Gasteiger partial charge in [0.1, 0.15) is 12.4 Å². The first-order chi connectivity index (χ1) is 5.34. The van der Waals surface area contributed by atoms with Crippen LogP contribution in [0.5, 0.6) is 0 Å². The van der Waals surface area contributed by atoms with Crippen molar-refractivity contribution < 1.29 is 14.6 Å². The fraction of sp³-hybridized carbons (Fsp3) is 0.857. The molecule has 1 aliphatic rings. The zero-order chi connectivity index (χ0) is 8.10. The quantitative estimate of drug-likeness (QED) is 0.353. The first-order valence-electron chi connectivity index (χ1n) is 3.65. The molecule has 1 N–H and O–H groups in total. The van der Waals surface area contributed by atoms with Gasteiger partial charge >= 0.3 is 0 Å². The van der Waals surface area contributed by atoms with Gasteiger partial charge in [0.25, 0.3) is 0 Å². The number of aliphatic hydroxyl groups is 1. The lowest BCUT2D eigenvalue weighted by Crippen LogP contribution is -2.17. The van der Waals surface area contributed by atoms with Crippen LogP contribution in [0.1, 0.15) is 6.42 Å². The van der Waals surface area contributed by atoms with E-state index in [-0.39, 0.29) is 12.2 Å². The van der Waals surface area contributed by atoms with Crippen LogP contribution >= 0.6 is 11.8 Å². The molecule has 11 heavy (non-hydrogen) atoms. The molecule has 1 rings (SSSR count). The van der Waals surface area contributed by atoms with Crippen molar-refractivity contribution in [3.8, 4) is 0 Å². The molecule has 2 unspecified atom stereocenters. The predicted molar refractivity (Wildman–Crippen MR) is 43.8 cm³/mol. The summed E-state index contributed by atoms with van der Waals surface area (Å²) in [6.07, 6.45) is 1.20. The highest BCUT2D eigenvalue weighted by molar-refractivity contribution is 7.99. The lowest BCUT2D eigenvalue weighted by atomic mass is 10.3. The molecule has 1 fully saturated rings. The van der Waals surface area contributed by atoms with Crippen LogP contribution in [0.3, 0.4) is 0 Å². The van der Waals surface area contributed by atoms with Crippen LogP contribution < -0.4 is 0 Å². The minimum atomic E-state index is -0.341. The Kier molecular flexibility index (Phi) is 3.90. The van der Waals surface area contributed by atoms with Gasteiger partial charge < -0.3 is 14.6 Å². The van der Waals surface area contributed by atoms with E-state index >= 15 is 0 Å². The van der Waals surface area contributed by atoms with Crippen molar-refractivity contribution in [1.29, 1.82) is 0 Å². The van der Waals surface area contributed by atoms with E-state index in [0.717, 1.165) is 12.0 Å². The summed E-state index contributed by atoms with van der Waals surface area (Å²) in [6.45, 7) is 0.690. The molecular formula is C7H12O3S. The predicted octanol–water partition coefficient (Wildman–Crippen LogP) is 0.0683. The summed E-state index contributed by atoms with van der Waals surface area (Å²) >= 11 is 1.59. The van der Waals surface area contributed by atoms with Crippen LogP contribution in [-0.2, 0) is 9.53 Å². The fourth-order valence-electron chi connectivity index (χ4n) is 0.721. The van der Waals surface area contributed by atoms with E-state index in [2.05, 4.69) is 0 Å². The van der Waals surface area contributed by atoms with E-state index in [4.69, 9.17) is 4.74 Å². The summed E-state index contributed by atoms with van der Waals surface area (Å²) < 4.78 is 4.89. The maximum Gasteiger partial charge on any atom is 0.120 e. The van der Waals surface area contributed by atoms with Gasteiger partial charge in [-0.3, -0.25) is 0 Å². The number of aldehydes is 1. The van der Waals surface area contributed by atoms with Crippen molar-refractivity contribution in [3.05, 3.63) is 0 Å². The van der Waals surface area contributed by atoms with E-state index in [0.29, 0.717) is 18.8 Å². The maximum absolute atomic E-state index is 9.90. The molecule has 4 heteroatoms. The zero-order valence-corrected chi connectivity index (χ0v) is 7.05. The average molecular weight is 176 g/mol. The van der Waals surface area contributed by atoms with Crippen molar-refractivity contribution in [2.24, 2.45) is 0 Å². The van der Waals surface area contributed by atoms with Crippen LogP contribution in [0.2, 0.25) is 0 Å². The molecule has 0 aliphatic carbocycles. The van der Waals surface area contributed by atoms with Gasteiger partial charge in [-0.25, -0.2) is 0 Å². The number of aliphatic hydroxyl groups excluding tert-OH is 1. The Balaban J connectivity index is 1.88. The number of hydrogen-bond donors (Lipinski definition) is 1. The summed E-state index contributed by atoms with van der Waals surface area (Å²) in [5, 5.41) is 9.25. The van der Waals surface area contributed by atoms with Gasteiger partial charge in [-0.1, -0.05) is 0 Å². The molecule has 0 spiro atoms. The lowest BCUT2D eigenvalue weighted by Gasteiger charge is -2.04. The lowest BCUT2D eigenvalue weighted by molar-refractivity contribution is -0.107. The highest BCUT2D eigenvalue weighted by Crippen LogP contribution is 2.17. The smallest absolute Gasteiger partial charge is 0.120 e. The van der Waals surface area contributed by atoms with Crippen molar-refractivity contribution in [3.63, 3.8) is 0 Å². The van der Waals surface area contributed by atoms with Crippen LogP contribution in [0, 0.1) is 0 Å². The molecule has 0 amide bonds. The molecule has 64 valence electrons. The molecule has 1 saturated heterocycles. The Bertz CT molecular complexity index is 125. The molecule has 2 atom stereocenters. The molecule has 0 aromatic carbocycles. The fourth-order valence-corrected chi connectivity index (χ4v) is 1.61. The number of rotatable bonds is 6. The van der Waals surface area contributed by atoms with Gasteiger partial charge in [-0.2, -0.15) is 11.8 Å². The minimum Gasteiger partial charge on any atom is -0.389 e. The molecule has 3 nitrogen and oxygen atoms in total. The summed E-state index contributed by atoms with van der Waals surface area (Å²) in [6, 6.07) is 0. The summed E-state index contributed by atoms with van der Waals surface area (Å²) in [4.78, 5) is 9.90. The molecule has 1 aliphatic heterocycles. The van der Waals surface area contributed by atoms with Gasteiger partial charge in [-0.05, 0) is 5.75 Å². The van der Waals surface area contributed by atoms with Crippen molar-refractivity contribution in [1.82, 2.24) is 0 Å². The van der Waals surface area contributed by atoms with E-state index in [9.17, 15) is 9.90 Å². The third-order valence-corrected chi connectivity index (χ3v) is 2.56. The average Bonchev–Trinajstić information content (AvgIpc) is 2.79. The monoisotopic (exact) mass is 176 g/mol. The second-order valence-electron chi connectivity index (χ2n) is 2.47. The van der Waals surface area contributed by atoms with E-state index in [1.165, 1.54) is 0 Å². The van der Waals surface area contributed by atoms with Gasteiger partial charge in [0.15, 0.2) is 0 Å². The second-order valence-corrected chi connectivity index (χ2v) is 3.62. The minimum absolute atomic E-state index is 0.0683. The topological polar surface area (TPSA) is 49.8 Å². The number of carbonyl (C=O) groups excluding carboxylic acids is 1. The van der Waals surface area contributed by atoms with Crippen LogP contribution in [-0.4, -0.2) is 41.7 Å². The first-order valence-corrected chi connectivity index (χ1v) is 4.81. The summed E-state index contributed by atoms with van der Waals surface area (Å²) in [7, 11) is 0. The molecule has 1 heterocycles. The Morgan fingerprint density at radius 3 is 3.09 bits per heavy atom. The third-order valence-electron chi connectivity index (χ3n) is 1.46. The molecule has 0 aromatic rings. The summed E-state index contributed by atoms with van der Waals surface area (Å²) in [5.41, 5.74) is 0. The molecular weight excluding hydrogens is 164 g/mol. The number of epoxide rings is 1. The largest absolute Gasteiger partial charge is 0.389 e. The van der Waals surface area contributed by atoms with Crippen molar-refractivity contribution in [2.45, 2.75) is 18.6 Å². The molecule has 0 aromatic heterocycles. The van der Waals surface area contributed by atoms with Gasteiger partial charge in [-0.15, -0.1) is 0 Å². The van der Waals surface area contributed by atoms with Gasteiger partial charge in [0.2, 0.25) is 0 Å². The van der Waals surface area contributed by atoms with Crippen LogP contribution in [0.4, 0.5) is 0 Å². The summed E-state index contributed by atoms with van der Waals surface area (Å²) in [5.74, 6) is 1.48. The Morgan fingerprint density at radius 1 is 1.82 bits per heavy atom. The molecule has 0 saturated carbocycles. The van der Waals surface area contributed by atoms with Gasteiger partial charge in [0, 0.05) is 12.2 Å². The SMILES string of the molecule is O=CCCSCC(O)C1CO1. The number of hydrogen-bond acceptors (Lipinski definition) is 4. The van der Waals surface area contributed by atoms with Crippen molar-refractivity contribution in [2.75, 3.05) is 18.1 Å². The molecule has 0 radical (unpaired) electrons. The van der Waals surface area contributed by atoms with Crippen LogP contribution in [0.15, 0.2) is 0 Å². The number of ether oxygens (including phenoxy) is 1. The first kappa shape index (κ1) is 9.03. The Morgan fingerprint density at radius 2 is 2.55 bits per heavy atom. The number of carbonyl (C=O) groups is 1. The van der Waals surface area contributed by atoms with E-state index in [1.807, 2.05) is 0 Å². The van der Waals surface area contributed by atoms with E-state index in [1.54, 1.807) is 11.8 Å². The maximum atomic E-state index is 9.90. The standard InChI is InChI=1S/C7H12O3S/c8-2-1-3-11-5-6(9)7-4-10-7/h2,6-7,9H,1,3-5H2. The Hall–Kier alpha value is -0.0600. The third kappa shape index (κ3) is 3.74. The van der Waals surface area contributed by atoms with Crippen molar-refractivity contribution >= 4 is 18.0 Å². The van der Waals surface area contributed by atoms with E-state index < -0.39 is 0 Å². The highest BCUT2D eigenvalue weighted by Gasteiger charge is 2.30. The Labute approximate surface area is 70.1 Å².